The van der Waals surface area contributed by atoms with Crippen LogP contribution in [0.1, 0.15) is 51.8 Å². The predicted octanol–water partition coefficient (Wildman–Crippen LogP) is 3.67. The third-order valence-electron chi connectivity index (χ3n) is 4.03. The van der Waals surface area contributed by atoms with Gasteiger partial charge in [0.25, 0.3) is 0 Å². The Morgan fingerprint density at radius 1 is 1.19 bits per heavy atom. The van der Waals surface area contributed by atoms with Gasteiger partial charge in [-0.3, -0.25) is 0 Å². The average Bonchev–Trinajstić information content (AvgIpc) is 2.59. The third kappa shape index (κ3) is 5.03. The Hall–Kier alpha value is -1.97. The van der Waals surface area contributed by atoms with Gasteiger partial charge in [-0.1, -0.05) is 13.8 Å². The van der Waals surface area contributed by atoms with Crippen molar-refractivity contribution in [2.75, 3.05) is 17.2 Å². The normalized spacial score (nSPS) is 19.4. The van der Waals surface area contributed by atoms with Crippen molar-refractivity contribution in [3.63, 3.8) is 0 Å². The van der Waals surface area contributed by atoms with E-state index in [0.717, 1.165) is 6.42 Å². The van der Waals surface area contributed by atoms with Gasteiger partial charge in [-0.2, -0.15) is 28.1 Å². The van der Waals surface area contributed by atoms with Gasteiger partial charge in [0, 0.05) is 12.1 Å². The topological polar surface area (TPSA) is 83.0 Å². The molecule has 26 heavy (non-hydrogen) atoms. The van der Waals surface area contributed by atoms with Crippen molar-refractivity contribution in [2.24, 2.45) is 0 Å². The van der Waals surface area contributed by atoms with E-state index in [1.54, 1.807) is 0 Å². The SMILES string of the molecule is CCCNc1nc(N[C@H](CC)C(F)(F)F)nc(C2=C(F)C(O)CCC2)n1. The molecule has 146 valence electrons. The molecule has 3 N–H and O–H groups in total. The lowest BCUT2D eigenvalue weighted by atomic mass is 9.96. The molecule has 0 amide bonds. The highest BCUT2D eigenvalue weighted by molar-refractivity contribution is 5.65. The monoisotopic (exact) mass is 377 g/mol. The average molecular weight is 377 g/mol. The summed E-state index contributed by atoms with van der Waals surface area (Å²) in [5.41, 5.74) is 0.105. The summed E-state index contributed by atoms with van der Waals surface area (Å²) in [4.78, 5) is 12.0. The van der Waals surface area contributed by atoms with Gasteiger partial charge in [0.2, 0.25) is 11.9 Å². The van der Waals surface area contributed by atoms with Crippen LogP contribution < -0.4 is 10.6 Å². The van der Waals surface area contributed by atoms with E-state index >= 15 is 0 Å². The van der Waals surface area contributed by atoms with Crippen molar-refractivity contribution in [1.29, 1.82) is 0 Å². The fourth-order valence-electron chi connectivity index (χ4n) is 2.60. The van der Waals surface area contributed by atoms with Gasteiger partial charge in [-0.05, 0) is 32.1 Å². The molecular formula is C16H23F4N5O. The van der Waals surface area contributed by atoms with E-state index in [1.807, 2.05) is 6.92 Å². The Morgan fingerprint density at radius 3 is 2.50 bits per heavy atom. The molecule has 1 unspecified atom stereocenters. The highest BCUT2D eigenvalue weighted by atomic mass is 19.4. The predicted molar refractivity (Wildman–Crippen MR) is 90.3 cm³/mol. The van der Waals surface area contributed by atoms with Gasteiger partial charge in [0.15, 0.2) is 5.82 Å². The van der Waals surface area contributed by atoms with Crippen molar-refractivity contribution < 1.29 is 22.7 Å². The molecule has 1 aromatic rings. The van der Waals surface area contributed by atoms with E-state index in [9.17, 15) is 22.7 Å². The number of hydrogen-bond donors (Lipinski definition) is 3. The van der Waals surface area contributed by atoms with Crippen molar-refractivity contribution in [3.8, 4) is 0 Å². The first-order valence-electron chi connectivity index (χ1n) is 8.66. The lowest BCUT2D eigenvalue weighted by Gasteiger charge is -2.22. The summed E-state index contributed by atoms with van der Waals surface area (Å²) in [6, 6.07) is -1.83. The molecule has 0 bridgehead atoms. The molecule has 1 aliphatic rings. The number of anilines is 2. The van der Waals surface area contributed by atoms with Crippen molar-refractivity contribution in [3.05, 3.63) is 11.7 Å². The second-order valence-corrected chi connectivity index (χ2v) is 6.11. The minimum absolute atomic E-state index is 0.0608. The van der Waals surface area contributed by atoms with Crippen LogP contribution in [0, 0.1) is 0 Å². The molecular weight excluding hydrogens is 354 g/mol. The van der Waals surface area contributed by atoms with Gasteiger partial charge in [0.1, 0.15) is 18.0 Å². The molecule has 0 saturated heterocycles. The summed E-state index contributed by atoms with van der Waals surface area (Å²) in [6.07, 6.45) is -4.04. The summed E-state index contributed by atoms with van der Waals surface area (Å²) >= 11 is 0. The maximum atomic E-state index is 14.3. The van der Waals surface area contributed by atoms with Gasteiger partial charge < -0.3 is 15.7 Å². The molecule has 0 fully saturated rings. The van der Waals surface area contributed by atoms with Crippen LogP contribution in [0.4, 0.5) is 29.5 Å². The lowest BCUT2D eigenvalue weighted by Crippen LogP contribution is -2.36. The highest BCUT2D eigenvalue weighted by Crippen LogP contribution is 2.32. The highest BCUT2D eigenvalue weighted by Gasteiger charge is 2.39. The van der Waals surface area contributed by atoms with Crippen LogP contribution in [0.5, 0.6) is 0 Å². The maximum Gasteiger partial charge on any atom is 0.408 e. The quantitative estimate of drug-likeness (QED) is 0.629. The first-order chi connectivity index (χ1) is 12.3. The number of aliphatic hydroxyl groups is 1. The Bertz CT molecular complexity index is 650. The first kappa shape index (κ1) is 20.3. The number of nitrogens with zero attached hydrogens (tertiary/aromatic N) is 3. The number of hydrogen-bond acceptors (Lipinski definition) is 6. The van der Waals surface area contributed by atoms with Crippen LogP contribution in [0.3, 0.4) is 0 Å². The van der Waals surface area contributed by atoms with Gasteiger partial charge in [-0.25, -0.2) is 4.39 Å². The number of nitrogens with one attached hydrogen (secondary N) is 2. The van der Waals surface area contributed by atoms with E-state index in [1.165, 1.54) is 6.92 Å². The van der Waals surface area contributed by atoms with E-state index in [0.29, 0.717) is 25.8 Å². The first-order valence-corrected chi connectivity index (χ1v) is 8.66. The van der Waals surface area contributed by atoms with Gasteiger partial charge in [0.05, 0.1) is 0 Å². The molecule has 6 nitrogen and oxygen atoms in total. The Labute approximate surface area is 149 Å². The summed E-state index contributed by atoms with van der Waals surface area (Å²) in [7, 11) is 0. The Balaban J connectivity index is 2.40. The molecule has 0 saturated carbocycles. The third-order valence-corrected chi connectivity index (χ3v) is 4.03. The van der Waals surface area contributed by atoms with E-state index < -0.39 is 24.1 Å². The molecule has 0 radical (unpaired) electrons. The van der Waals surface area contributed by atoms with Crippen molar-refractivity contribution in [2.45, 2.75) is 64.3 Å². The molecule has 1 heterocycles. The number of rotatable bonds is 7. The molecule has 0 aliphatic heterocycles. The summed E-state index contributed by atoms with van der Waals surface area (Å²) in [5, 5.41) is 14.8. The molecule has 0 aromatic carbocycles. The van der Waals surface area contributed by atoms with Crippen LogP contribution in [0.25, 0.3) is 5.57 Å². The zero-order valence-corrected chi connectivity index (χ0v) is 14.7. The number of alkyl halides is 3. The second kappa shape index (κ2) is 8.61. The molecule has 10 heteroatoms. The molecule has 2 atom stereocenters. The molecule has 0 spiro atoms. The number of halogens is 4. The van der Waals surface area contributed by atoms with Crippen molar-refractivity contribution >= 4 is 17.5 Å². The van der Waals surface area contributed by atoms with E-state index in [-0.39, 0.29) is 29.7 Å². The molecule has 1 aromatic heterocycles. The lowest BCUT2D eigenvalue weighted by molar-refractivity contribution is -0.143. The maximum absolute atomic E-state index is 14.3. The summed E-state index contributed by atoms with van der Waals surface area (Å²) in [6.45, 7) is 3.80. The number of allylic oxidation sites excluding steroid dienone is 1. The number of aliphatic hydroxyl groups excluding tert-OH is 1. The Morgan fingerprint density at radius 2 is 1.88 bits per heavy atom. The fraction of sp³-hybridized carbons (Fsp3) is 0.688. The number of aromatic nitrogens is 3. The minimum atomic E-state index is -4.47. The largest absolute Gasteiger partial charge is 0.408 e. The van der Waals surface area contributed by atoms with E-state index in [2.05, 4.69) is 25.6 Å². The van der Waals surface area contributed by atoms with E-state index in [4.69, 9.17) is 0 Å². The van der Waals surface area contributed by atoms with Crippen molar-refractivity contribution in [1.82, 2.24) is 15.0 Å². The second-order valence-electron chi connectivity index (χ2n) is 6.11. The Kier molecular flexibility index (Phi) is 6.74. The van der Waals surface area contributed by atoms with Crippen LogP contribution >= 0.6 is 0 Å². The molecule has 1 aliphatic carbocycles. The van der Waals surface area contributed by atoms with Crippen LogP contribution in [0.2, 0.25) is 0 Å². The van der Waals surface area contributed by atoms with Crippen LogP contribution in [0.15, 0.2) is 5.83 Å². The zero-order valence-electron chi connectivity index (χ0n) is 14.7. The fourth-order valence-corrected chi connectivity index (χ4v) is 2.60. The smallest absolute Gasteiger partial charge is 0.386 e. The van der Waals surface area contributed by atoms with Gasteiger partial charge in [-0.15, -0.1) is 0 Å². The standard InChI is InChI=1S/C16H23F4N5O/c1-3-8-21-14-23-13(9-6-5-7-10(26)12(9)17)24-15(25-14)22-11(4-2)16(18,19)20/h10-11,26H,3-8H2,1-2H3,(H2,21,22,23,24,25)/t10?,11-/m1/s1. The van der Waals surface area contributed by atoms with Crippen LogP contribution in [-0.2, 0) is 0 Å². The molecule has 2 rings (SSSR count). The van der Waals surface area contributed by atoms with Crippen LogP contribution in [-0.4, -0.2) is 44.9 Å². The van der Waals surface area contributed by atoms with Gasteiger partial charge >= 0.3 is 6.18 Å². The summed E-state index contributed by atoms with van der Waals surface area (Å²) in [5.74, 6) is -1.01. The zero-order chi connectivity index (χ0) is 19.3. The minimum Gasteiger partial charge on any atom is -0.386 e. The summed E-state index contributed by atoms with van der Waals surface area (Å²) < 4.78 is 53.3.